The second-order valence-corrected chi connectivity index (χ2v) is 11.3. The van der Waals surface area contributed by atoms with Gasteiger partial charge in [-0.05, 0) is 80.3 Å². The maximum Gasteiger partial charge on any atom is 0.197 e. The summed E-state index contributed by atoms with van der Waals surface area (Å²) in [6.07, 6.45) is 0.544. The number of aryl methyl sites for hydroxylation is 3. The van der Waals surface area contributed by atoms with Crippen LogP contribution in [0.2, 0.25) is 0 Å². The van der Waals surface area contributed by atoms with Crippen molar-refractivity contribution in [2.75, 3.05) is 5.73 Å². The van der Waals surface area contributed by atoms with Crippen LogP contribution >= 0.6 is 11.8 Å². The zero-order valence-corrected chi connectivity index (χ0v) is 22.1. The number of benzene rings is 3. The first-order valence-corrected chi connectivity index (χ1v) is 12.9. The van der Waals surface area contributed by atoms with Crippen molar-refractivity contribution in [3.8, 4) is 17.2 Å². The summed E-state index contributed by atoms with van der Waals surface area (Å²) in [5, 5.41) is -0.0518. The molecule has 1 unspecified atom stereocenters. The third-order valence-corrected chi connectivity index (χ3v) is 8.01. The summed E-state index contributed by atoms with van der Waals surface area (Å²) in [4.78, 5) is 28.6. The summed E-state index contributed by atoms with van der Waals surface area (Å²) in [6.45, 7) is 6.09. The van der Waals surface area contributed by atoms with Gasteiger partial charge in [-0.25, -0.2) is 4.98 Å². The number of Topliss-reactive ketones (excluding diaryl/α,β-unsaturated/α-hetero) is 1. The van der Waals surface area contributed by atoms with Crippen LogP contribution in [0.1, 0.15) is 35.9 Å². The smallest absolute Gasteiger partial charge is 0.197 e. The minimum atomic E-state index is -0.680. The molecule has 0 bridgehead atoms. The van der Waals surface area contributed by atoms with Crippen molar-refractivity contribution in [1.82, 2.24) is 9.55 Å². The molecule has 1 aliphatic rings. The second-order valence-electron chi connectivity index (χ2n) is 9.72. The fourth-order valence-electron chi connectivity index (χ4n) is 4.58. The van der Waals surface area contributed by atoms with Gasteiger partial charge in [-0.15, -0.1) is 0 Å². The van der Waals surface area contributed by atoms with Crippen LogP contribution < -0.4 is 15.2 Å². The monoisotopic (exact) mass is 515 g/mol. The number of rotatable bonds is 7. The van der Waals surface area contributed by atoms with E-state index in [1.165, 1.54) is 0 Å². The summed E-state index contributed by atoms with van der Waals surface area (Å²) >= 11 is 1.14. The second kappa shape index (κ2) is 9.59. The number of anilines is 1. The average Bonchev–Trinajstić information content (AvgIpc) is 3.30. The number of thioether (sulfide) groups is 1. The van der Waals surface area contributed by atoms with Crippen LogP contribution in [0.25, 0.3) is 11.0 Å². The number of nitrogen functional groups attached to an aromatic ring is 1. The maximum absolute atomic E-state index is 12.2. The topological polar surface area (TPSA) is 96.4 Å². The Labute approximate surface area is 220 Å². The van der Waals surface area contributed by atoms with Crippen LogP contribution in [0.15, 0.2) is 54.6 Å². The minimum Gasteiger partial charge on any atom is -0.486 e. The van der Waals surface area contributed by atoms with E-state index in [2.05, 4.69) is 0 Å². The van der Waals surface area contributed by atoms with Gasteiger partial charge in [0.1, 0.15) is 29.7 Å². The molecule has 190 valence electrons. The van der Waals surface area contributed by atoms with E-state index in [0.29, 0.717) is 18.8 Å². The molecule has 1 aromatic heterocycles. The standard InChI is InChI=1S/C29H29N3O4S/c1-17-11-22(12-18(2)28(17)30)36-21-9-10-23-24(13-21)32(4)26(31-23)16-35-20-7-5-19(6-8-20)15-29(3)25(33)14-27(34)37-29/h5-13H,14-16,30H2,1-4H3. The van der Waals surface area contributed by atoms with E-state index in [1.807, 2.05) is 87.0 Å². The van der Waals surface area contributed by atoms with E-state index in [4.69, 9.17) is 20.2 Å². The number of hydrogen-bond donors (Lipinski definition) is 1. The van der Waals surface area contributed by atoms with Crippen LogP contribution in [-0.4, -0.2) is 25.2 Å². The lowest BCUT2D eigenvalue weighted by atomic mass is 9.95. The summed E-state index contributed by atoms with van der Waals surface area (Å²) in [7, 11) is 1.96. The SMILES string of the molecule is Cc1cc(Oc2ccc3nc(COc4ccc(CC5(C)SC(=O)CC5=O)cc4)n(C)c3c2)cc(C)c1N. The molecule has 0 saturated carbocycles. The molecule has 0 aliphatic carbocycles. The van der Waals surface area contributed by atoms with E-state index in [-0.39, 0.29) is 17.3 Å². The van der Waals surface area contributed by atoms with Crippen molar-refractivity contribution in [3.05, 3.63) is 77.1 Å². The molecule has 0 radical (unpaired) electrons. The van der Waals surface area contributed by atoms with Gasteiger partial charge >= 0.3 is 0 Å². The van der Waals surface area contributed by atoms with E-state index >= 15 is 0 Å². The molecule has 7 nitrogen and oxygen atoms in total. The zero-order chi connectivity index (χ0) is 26.3. The number of ketones is 1. The number of fused-ring (bicyclic) bond motifs is 1. The summed E-state index contributed by atoms with van der Waals surface area (Å²) in [5.41, 5.74) is 11.6. The molecule has 5 rings (SSSR count). The fourth-order valence-corrected chi connectivity index (χ4v) is 5.71. The van der Waals surface area contributed by atoms with Gasteiger partial charge < -0.3 is 19.8 Å². The Morgan fingerprint density at radius 3 is 2.32 bits per heavy atom. The van der Waals surface area contributed by atoms with Crippen molar-refractivity contribution < 1.29 is 19.1 Å². The highest BCUT2D eigenvalue weighted by atomic mass is 32.2. The van der Waals surface area contributed by atoms with Crippen LogP contribution in [0.4, 0.5) is 5.69 Å². The van der Waals surface area contributed by atoms with Crippen molar-refractivity contribution in [1.29, 1.82) is 0 Å². The Morgan fingerprint density at radius 1 is 1.00 bits per heavy atom. The molecule has 37 heavy (non-hydrogen) atoms. The highest BCUT2D eigenvalue weighted by molar-refractivity contribution is 8.16. The third-order valence-electron chi connectivity index (χ3n) is 6.81. The Hall–Kier alpha value is -3.78. The molecular weight excluding hydrogens is 486 g/mol. The summed E-state index contributed by atoms with van der Waals surface area (Å²) in [6, 6.07) is 17.3. The lowest BCUT2D eigenvalue weighted by molar-refractivity contribution is -0.123. The quantitative estimate of drug-likeness (QED) is 0.250. The Kier molecular flexibility index (Phi) is 6.45. The molecule has 0 spiro atoms. The lowest BCUT2D eigenvalue weighted by Crippen LogP contribution is -2.29. The fraction of sp³-hybridized carbons (Fsp3) is 0.276. The number of ether oxygens (including phenoxy) is 2. The number of carbonyl (C=O) groups is 2. The van der Waals surface area contributed by atoms with Gasteiger partial charge in [-0.3, -0.25) is 9.59 Å². The molecular formula is C29H29N3O4S. The summed E-state index contributed by atoms with van der Waals surface area (Å²) in [5.74, 6) is 2.96. The molecule has 1 fully saturated rings. The van der Waals surface area contributed by atoms with Crippen LogP contribution in [-0.2, 0) is 29.7 Å². The normalized spacial score (nSPS) is 17.5. The zero-order valence-electron chi connectivity index (χ0n) is 21.3. The van der Waals surface area contributed by atoms with E-state index in [0.717, 1.165) is 62.5 Å². The highest BCUT2D eigenvalue weighted by Gasteiger charge is 2.43. The van der Waals surface area contributed by atoms with Crippen molar-refractivity contribution in [2.45, 2.75) is 45.0 Å². The third kappa shape index (κ3) is 5.06. The average molecular weight is 516 g/mol. The predicted octanol–water partition coefficient (Wildman–Crippen LogP) is 5.68. The van der Waals surface area contributed by atoms with Gasteiger partial charge in [0.05, 0.1) is 22.2 Å². The van der Waals surface area contributed by atoms with Crippen LogP contribution in [0, 0.1) is 13.8 Å². The number of aromatic nitrogens is 2. The van der Waals surface area contributed by atoms with Gasteiger partial charge in [-0.1, -0.05) is 23.9 Å². The Balaban J connectivity index is 1.26. The number of carbonyl (C=O) groups excluding carboxylic acids is 2. The van der Waals surface area contributed by atoms with Gasteiger partial charge in [0.25, 0.3) is 0 Å². The Bertz CT molecular complexity index is 1500. The van der Waals surface area contributed by atoms with E-state index in [1.54, 1.807) is 0 Å². The molecule has 4 aromatic rings. The minimum absolute atomic E-state index is 0.00285. The number of imidazole rings is 1. The van der Waals surface area contributed by atoms with Crippen molar-refractivity contribution in [3.63, 3.8) is 0 Å². The highest BCUT2D eigenvalue weighted by Crippen LogP contribution is 2.39. The lowest BCUT2D eigenvalue weighted by Gasteiger charge is -2.19. The van der Waals surface area contributed by atoms with Gasteiger partial charge in [-0.2, -0.15) is 0 Å². The number of hydrogen-bond acceptors (Lipinski definition) is 7. The first kappa shape index (κ1) is 24.9. The number of nitrogens with zero attached hydrogens (tertiary/aromatic N) is 2. The van der Waals surface area contributed by atoms with Gasteiger partial charge in [0, 0.05) is 18.8 Å². The Morgan fingerprint density at radius 2 is 1.68 bits per heavy atom. The van der Waals surface area contributed by atoms with Gasteiger partial charge in [0.15, 0.2) is 10.9 Å². The molecule has 3 aromatic carbocycles. The first-order chi connectivity index (χ1) is 17.6. The molecule has 2 N–H and O–H groups in total. The summed E-state index contributed by atoms with van der Waals surface area (Å²) < 4.78 is 13.4. The predicted molar refractivity (Wildman–Crippen MR) is 146 cm³/mol. The van der Waals surface area contributed by atoms with E-state index in [9.17, 15) is 9.59 Å². The first-order valence-electron chi connectivity index (χ1n) is 12.1. The maximum atomic E-state index is 12.2. The molecule has 1 atom stereocenters. The van der Waals surface area contributed by atoms with Crippen LogP contribution in [0.5, 0.6) is 17.2 Å². The molecule has 1 saturated heterocycles. The molecule has 1 aliphatic heterocycles. The van der Waals surface area contributed by atoms with Crippen molar-refractivity contribution >= 4 is 39.4 Å². The van der Waals surface area contributed by atoms with Gasteiger partial charge in [0.2, 0.25) is 0 Å². The molecule has 0 amide bonds. The van der Waals surface area contributed by atoms with Crippen LogP contribution in [0.3, 0.4) is 0 Å². The number of nitrogens with two attached hydrogens (primary N) is 1. The van der Waals surface area contributed by atoms with E-state index < -0.39 is 4.75 Å². The van der Waals surface area contributed by atoms with Crippen molar-refractivity contribution in [2.24, 2.45) is 7.05 Å². The largest absolute Gasteiger partial charge is 0.486 e. The molecule has 2 heterocycles. The molecule has 8 heteroatoms.